The van der Waals surface area contributed by atoms with Crippen LogP contribution in [-0.2, 0) is 0 Å². The van der Waals surface area contributed by atoms with Crippen LogP contribution in [0.25, 0.3) is 0 Å². The average Bonchev–Trinajstić information content (AvgIpc) is 2.39. The van der Waals surface area contributed by atoms with Gasteiger partial charge in [0.1, 0.15) is 5.82 Å². The Morgan fingerprint density at radius 3 is 2.35 bits per heavy atom. The second-order valence-electron chi connectivity index (χ2n) is 3.38. The molecule has 2 heterocycles. The fraction of sp³-hybridized carbons (Fsp3) is 0.182. The lowest BCUT2D eigenvalue weighted by Crippen LogP contribution is -2.14. The molecule has 2 rings (SSSR count). The van der Waals surface area contributed by atoms with E-state index in [-0.39, 0.29) is 0 Å². The Hall–Kier alpha value is -2.21. The van der Waals surface area contributed by atoms with E-state index in [1.54, 1.807) is 12.4 Å². The Morgan fingerprint density at radius 2 is 1.71 bits per heavy atom. The van der Waals surface area contributed by atoms with E-state index >= 15 is 0 Å². The minimum Gasteiger partial charge on any atom is -0.367 e. The monoisotopic (exact) mass is 230 g/mol. The highest BCUT2D eigenvalue weighted by atomic mass is 15.2. The van der Waals surface area contributed by atoms with Crippen molar-refractivity contribution in [1.29, 1.82) is 0 Å². The summed E-state index contributed by atoms with van der Waals surface area (Å²) >= 11 is 0. The Bertz CT molecular complexity index is 441. The number of nitrogens with one attached hydrogen (secondary N) is 2. The highest BCUT2D eigenvalue weighted by molar-refractivity contribution is 5.55. The van der Waals surface area contributed by atoms with Gasteiger partial charge >= 0.3 is 0 Å². The summed E-state index contributed by atoms with van der Waals surface area (Å²) in [7, 11) is 0. The van der Waals surface area contributed by atoms with Crippen molar-refractivity contribution < 1.29 is 0 Å². The van der Waals surface area contributed by atoms with Gasteiger partial charge in [0.15, 0.2) is 5.82 Å². The van der Waals surface area contributed by atoms with Crippen molar-refractivity contribution in [2.24, 2.45) is 5.73 Å². The second kappa shape index (κ2) is 5.76. The van der Waals surface area contributed by atoms with Crippen LogP contribution in [0.1, 0.15) is 0 Å². The Labute approximate surface area is 99.3 Å². The van der Waals surface area contributed by atoms with Gasteiger partial charge in [0.25, 0.3) is 0 Å². The number of pyridine rings is 1. The van der Waals surface area contributed by atoms with Crippen molar-refractivity contribution in [2.75, 3.05) is 23.7 Å². The number of nitrogens with zero attached hydrogens (tertiary/aromatic N) is 3. The van der Waals surface area contributed by atoms with E-state index in [9.17, 15) is 0 Å². The molecule has 0 bridgehead atoms. The molecule has 0 fully saturated rings. The highest BCUT2D eigenvalue weighted by Gasteiger charge is 1.97. The van der Waals surface area contributed by atoms with Gasteiger partial charge in [-0.2, -0.15) is 0 Å². The zero-order valence-corrected chi connectivity index (χ0v) is 9.30. The predicted molar refractivity (Wildman–Crippen MR) is 67.1 cm³/mol. The number of rotatable bonds is 5. The molecule has 0 saturated carbocycles. The molecule has 17 heavy (non-hydrogen) atoms. The van der Waals surface area contributed by atoms with Crippen molar-refractivity contribution in [2.45, 2.75) is 0 Å². The van der Waals surface area contributed by atoms with Gasteiger partial charge in [-0.15, -0.1) is 10.2 Å². The quantitative estimate of drug-likeness (QED) is 0.709. The van der Waals surface area contributed by atoms with Crippen molar-refractivity contribution in [3.05, 3.63) is 36.7 Å². The lowest BCUT2D eigenvalue weighted by atomic mass is 10.4. The maximum Gasteiger partial charge on any atom is 0.153 e. The molecule has 0 radical (unpaired) electrons. The van der Waals surface area contributed by atoms with Crippen LogP contribution in [0.4, 0.5) is 17.3 Å². The lowest BCUT2D eigenvalue weighted by Gasteiger charge is -2.06. The fourth-order valence-corrected chi connectivity index (χ4v) is 1.28. The summed E-state index contributed by atoms with van der Waals surface area (Å²) in [5.41, 5.74) is 6.31. The topological polar surface area (TPSA) is 88.8 Å². The Kier molecular flexibility index (Phi) is 3.82. The summed E-state index contributed by atoms with van der Waals surface area (Å²) < 4.78 is 0. The van der Waals surface area contributed by atoms with Gasteiger partial charge in [-0.25, -0.2) is 0 Å². The maximum absolute atomic E-state index is 5.38. The molecule has 0 aliphatic rings. The summed E-state index contributed by atoms with van der Waals surface area (Å²) in [6, 6.07) is 7.43. The summed E-state index contributed by atoms with van der Waals surface area (Å²) in [4.78, 5) is 3.94. The second-order valence-corrected chi connectivity index (χ2v) is 3.38. The summed E-state index contributed by atoms with van der Waals surface area (Å²) in [5, 5.41) is 14.2. The molecule has 0 saturated heterocycles. The largest absolute Gasteiger partial charge is 0.367 e. The third kappa shape index (κ3) is 3.39. The number of hydrogen-bond acceptors (Lipinski definition) is 6. The molecule has 0 aromatic carbocycles. The molecule has 88 valence electrons. The summed E-state index contributed by atoms with van der Waals surface area (Å²) in [6.07, 6.45) is 3.43. The van der Waals surface area contributed by atoms with E-state index < -0.39 is 0 Å². The minimum atomic E-state index is 0.568. The van der Waals surface area contributed by atoms with Gasteiger partial charge in [0, 0.05) is 31.2 Å². The van der Waals surface area contributed by atoms with Crippen LogP contribution in [0.15, 0.2) is 36.7 Å². The van der Waals surface area contributed by atoms with E-state index in [0.717, 1.165) is 11.5 Å². The molecule has 0 spiro atoms. The molecule has 6 nitrogen and oxygen atoms in total. The average molecular weight is 230 g/mol. The number of aromatic nitrogens is 3. The Morgan fingerprint density at radius 1 is 1.00 bits per heavy atom. The first-order valence-electron chi connectivity index (χ1n) is 5.33. The van der Waals surface area contributed by atoms with Crippen LogP contribution in [0.2, 0.25) is 0 Å². The van der Waals surface area contributed by atoms with Gasteiger partial charge < -0.3 is 16.4 Å². The van der Waals surface area contributed by atoms with E-state index in [0.29, 0.717) is 18.9 Å². The molecular formula is C11H14N6. The SMILES string of the molecule is NCCNc1ccc(Nc2ccncc2)nn1. The molecule has 0 amide bonds. The van der Waals surface area contributed by atoms with Crippen molar-refractivity contribution in [1.82, 2.24) is 15.2 Å². The van der Waals surface area contributed by atoms with Crippen LogP contribution >= 0.6 is 0 Å². The number of nitrogens with two attached hydrogens (primary N) is 1. The lowest BCUT2D eigenvalue weighted by molar-refractivity contribution is 0.973. The van der Waals surface area contributed by atoms with Gasteiger partial charge in [-0.1, -0.05) is 0 Å². The predicted octanol–water partition coefficient (Wildman–Crippen LogP) is 0.986. The zero-order chi connectivity index (χ0) is 11.9. The zero-order valence-electron chi connectivity index (χ0n) is 9.30. The fourth-order valence-electron chi connectivity index (χ4n) is 1.28. The van der Waals surface area contributed by atoms with Crippen molar-refractivity contribution >= 4 is 17.3 Å². The van der Waals surface area contributed by atoms with Gasteiger partial charge in [0.05, 0.1) is 0 Å². The van der Waals surface area contributed by atoms with Gasteiger partial charge in [0.2, 0.25) is 0 Å². The first-order valence-corrected chi connectivity index (χ1v) is 5.33. The molecule has 0 atom stereocenters. The molecule has 6 heteroatoms. The normalized spacial score (nSPS) is 9.94. The maximum atomic E-state index is 5.38. The van der Waals surface area contributed by atoms with E-state index in [2.05, 4.69) is 25.8 Å². The minimum absolute atomic E-state index is 0.568. The smallest absolute Gasteiger partial charge is 0.153 e. The van der Waals surface area contributed by atoms with Crippen LogP contribution in [0.5, 0.6) is 0 Å². The van der Waals surface area contributed by atoms with Crippen LogP contribution in [-0.4, -0.2) is 28.3 Å². The first-order chi connectivity index (χ1) is 8.38. The number of hydrogen-bond donors (Lipinski definition) is 3. The summed E-state index contributed by atoms with van der Waals surface area (Å²) in [5.74, 6) is 1.41. The van der Waals surface area contributed by atoms with Crippen LogP contribution in [0, 0.1) is 0 Å². The molecule has 4 N–H and O–H groups in total. The van der Waals surface area contributed by atoms with E-state index in [4.69, 9.17) is 5.73 Å². The van der Waals surface area contributed by atoms with Crippen molar-refractivity contribution in [3.63, 3.8) is 0 Å². The van der Waals surface area contributed by atoms with E-state index in [1.807, 2.05) is 24.3 Å². The third-order valence-corrected chi connectivity index (χ3v) is 2.07. The van der Waals surface area contributed by atoms with Gasteiger partial charge in [-0.05, 0) is 24.3 Å². The molecule has 0 aliphatic heterocycles. The molecular weight excluding hydrogens is 216 g/mol. The van der Waals surface area contributed by atoms with E-state index in [1.165, 1.54) is 0 Å². The van der Waals surface area contributed by atoms with Crippen LogP contribution < -0.4 is 16.4 Å². The standard InChI is InChI=1S/C11H14N6/c12-5-8-14-10-1-2-11(17-16-10)15-9-3-6-13-7-4-9/h1-4,6-7H,5,8,12H2,(H,14,16)(H,13,15,17). The highest BCUT2D eigenvalue weighted by Crippen LogP contribution is 2.12. The van der Waals surface area contributed by atoms with Crippen molar-refractivity contribution in [3.8, 4) is 0 Å². The molecule has 2 aromatic rings. The van der Waals surface area contributed by atoms with Gasteiger partial charge in [-0.3, -0.25) is 4.98 Å². The first kappa shape index (κ1) is 11.3. The number of anilines is 3. The molecule has 0 aliphatic carbocycles. The molecule has 0 unspecified atom stereocenters. The summed E-state index contributed by atoms with van der Waals surface area (Å²) in [6.45, 7) is 1.25. The third-order valence-electron chi connectivity index (χ3n) is 2.07. The Balaban J connectivity index is 1.98. The van der Waals surface area contributed by atoms with Crippen LogP contribution in [0.3, 0.4) is 0 Å². The molecule has 2 aromatic heterocycles.